The van der Waals surface area contributed by atoms with Crippen LogP contribution in [0.25, 0.3) is 11.1 Å². The largest absolute Gasteiger partial charge is 0.311 e. The summed E-state index contributed by atoms with van der Waals surface area (Å²) in [6, 6.07) is 74.2. The van der Waals surface area contributed by atoms with Gasteiger partial charge in [0.15, 0.2) is 8.07 Å². The van der Waals surface area contributed by atoms with Crippen molar-refractivity contribution in [1.29, 1.82) is 0 Å². The molecule has 276 valence electrons. The van der Waals surface area contributed by atoms with Crippen LogP contribution in [-0.2, 0) is 0 Å². The molecule has 58 heavy (non-hydrogen) atoms. The van der Waals surface area contributed by atoms with Gasteiger partial charge in [-0.2, -0.15) is 0 Å². The van der Waals surface area contributed by atoms with Crippen molar-refractivity contribution in [2.45, 2.75) is 38.0 Å². The second kappa shape index (κ2) is 13.4. The quantitative estimate of drug-likeness (QED) is 0.162. The fraction of sp³-hybridized carbons (Fsp3) is 0.111. The van der Waals surface area contributed by atoms with E-state index >= 15 is 0 Å². The van der Waals surface area contributed by atoms with Gasteiger partial charge in [-0.25, -0.2) is 0 Å². The van der Waals surface area contributed by atoms with Crippen molar-refractivity contribution in [2.24, 2.45) is 0 Å². The average molecular weight is 759 g/mol. The van der Waals surface area contributed by atoms with E-state index in [4.69, 9.17) is 0 Å². The highest BCUT2D eigenvalue weighted by Gasteiger charge is 2.51. The maximum absolute atomic E-state index is 2.73. The second-order valence-electron chi connectivity index (χ2n) is 16.6. The van der Waals surface area contributed by atoms with Crippen LogP contribution in [-0.4, -0.2) is 14.8 Å². The molecular formula is C54H43BN2Si. The second-order valence-corrected chi connectivity index (χ2v) is 20.4. The lowest BCUT2D eigenvalue weighted by molar-refractivity contribution is 0.444. The summed E-state index contributed by atoms with van der Waals surface area (Å²) in [6.07, 6.45) is 6.45. The standard InChI is InChI=1S/C54H43BN2Si/c1-6-20-38(21-7-1)39-34-50-54-51(35-39)57(41-24-10-3-11-25-41)49-36-45-44-30-16-19-33-52(44)58(42-26-12-4-13-27-42,43-28-14-5-15-29-43)53(45)37-47(49)55(54)46-31-17-18-32-48(46)56(50)40-22-8-2-9-23-40/h2-5,8-19,22-38H,1,6-7,20-21H2. The molecule has 1 saturated carbocycles. The molecule has 3 heterocycles. The highest BCUT2D eigenvalue weighted by atomic mass is 28.3. The van der Waals surface area contributed by atoms with Gasteiger partial charge in [-0.3, -0.25) is 0 Å². The first-order valence-corrected chi connectivity index (χ1v) is 23.2. The number of hydrogen-bond donors (Lipinski definition) is 0. The molecule has 0 amide bonds. The molecule has 3 aliphatic heterocycles. The number of hydrogen-bond acceptors (Lipinski definition) is 2. The molecule has 4 heteroatoms. The van der Waals surface area contributed by atoms with Crippen molar-refractivity contribution in [3.63, 3.8) is 0 Å². The van der Waals surface area contributed by atoms with Crippen LogP contribution in [0.4, 0.5) is 34.1 Å². The van der Waals surface area contributed by atoms with E-state index in [2.05, 4.69) is 204 Å². The third-order valence-electron chi connectivity index (χ3n) is 13.7. The van der Waals surface area contributed by atoms with Gasteiger partial charge in [0.1, 0.15) is 0 Å². The van der Waals surface area contributed by atoms with E-state index in [0.29, 0.717) is 5.92 Å². The molecular weight excluding hydrogens is 716 g/mol. The SMILES string of the molecule is c1ccc(N2c3ccccc3B3c4cc5c(cc4N(c4ccccc4)c4cc(C6CCCCC6)cc2c43)-c2ccccc2[Si]5(c2ccccc2)c2ccccc2)cc1. The maximum Gasteiger partial charge on any atom is 0.252 e. The number of para-hydroxylation sites is 3. The van der Waals surface area contributed by atoms with Crippen LogP contribution >= 0.6 is 0 Å². The van der Waals surface area contributed by atoms with Crippen LogP contribution in [0.15, 0.2) is 194 Å². The first-order chi connectivity index (χ1) is 28.8. The summed E-state index contributed by atoms with van der Waals surface area (Å²) in [6.45, 7) is 0.0591. The van der Waals surface area contributed by atoms with E-state index in [1.807, 2.05) is 0 Å². The van der Waals surface area contributed by atoms with E-state index in [9.17, 15) is 0 Å². The van der Waals surface area contributed by atoms with E-state index in [1.165, 1.54) is 120 Å². The third-order valence-corrected chi connectivity index (χ3v) is 18.5. The van der Waals surface area contributed by atoms with Crippen LogP contribution in [0, 0.1) is 0 Å². The lowest BCUT2D eigenvalue weighted by Crippen LogP contribution is -2.73. The summed E-state index contributed by atoms with van der Waals surface area (Å²) in [5.74, 6) is 0.554. The van der Waals surface area contributed by atoms with Gasteiger partial charge in [-0.05, 0) is 121 Å². The summed E-state index contributed by atoms with van der Waals surface area (Å²) in [5, 5.41) is 5.83. The van der Waals surface area contributed by atoms with E-state index < -0.39 is 8.07 Å². The summed E-state index contributed by atoms with van der Waals surface area (Å²) >= 11 is 0. The Bertz CT molecular complexity index is 2800. The van der Waals surface area contributed by atoms with Gasteiger partial charge in [0, 0.05) is 34.1 Å². The zero-order valence-corrected chi connectivity index (χ0v) is 33.6. The Balaban J connectivity index is 1.22. The minimum absolute atomic E-state index is 0.0591. The number of rotatable bonds is 5. The van der Waals surface area contributed by atoms with Crippen molar-refractivity contribution in [3.8, 4) is 11.1 Å². The topological polar surface area (TPSA) is 6.48 Å². The van der Waals surface area contributed by atoms with Gasteiger partial charge in [0.25, 0.3) is 6.71 Å². The van der Waals surface area contributed by atoms with Crippen LogP contribution < -0.4 is 46.9 Å². The Morgan fingerprint density at radius 2 is 0.948 bits per heavy atom. The van der Waals surface area contributed by atoms with Crippen LogP contribution in [0.2, 0.25) is 0 Å². The molecule has 1 aliphatic carbocycles. The highest BCUT2D eigenvalue weighted by molar-refractivity contribution is 7.22. The van der Waals surface area contributed by atoms with Crippen molar-refractivity contribution < 1.29 is 0 Å². The Labute approximate surface area is 343 Å². The Hall–Kier alpha value is -6.36. The van der Waals surface area contributed by atoms with Gasteiger partial charge < -0.3 is 9.80 Å². The van der Waals surface area contributed by atoms with Gasteiger partial charge in [0.2, 0.25) is 0 Å². The normalized spacial score (nSPS) is 15.9. The zero-order valence-electron chi connectivity index (χ0n) is 32.6. The molecule has 0 spiro atoms. The Morgan fingerprint density at radius 3 is 1.59 bits per heavy atom. The summed E-state index contributed by atoms with van der Waals surface area (Å²) in [7, 11) is -2.73. The Morgan fingerprint density at radius 1 is 0.414 bits per heavy atom. The minimum Gasteiger partial charge on any atom is -0.311 e. The molecule has 0 atom stereocenters. The molecule has 0 bridgehead atoms. The van der Waals surface area contributed by atoms with Crippen molar-refractivity contribution >= 4 is 86.0 Å². The number of anilines is 6. The van der Waals surface area contributed by atoms with Crippen molar-refractivity contribution in [1.82, 2.24) is 0 Å². The number of nitrogens with zero attached hydrogens (tertiary/aromatic N) is 2. The molecule has 0 N–H and O–H groups in total. The molecule has 0 unspecified atom stereocenters. The molecule has 2 nitrogen and oxygen atoms in total. The first-order valence-electron chi connectivity index (χ1n) is 21.2. The third kappa shape index (κ3) is 4.85. The maximum atomic E-state index is 2.69. The highest BCUT2D eigenvalue weighted by Crippen LogP contribution is 2.47. The lowest BCUT2D eigenvalue weighted by atomic mass is 9.33. The van der Waals surface area contributed by atoms with Gasteiger partial charge >= 0.3 is 0 Å². The zero-order chi connectivity index (χ0) is 38.2. The molecule has 8 aromatic carbocycles. The predicted molar refractivity (Wildman–Crippen MR) is 249 cm³/mol. The number of fused-ring (bicyclic) bond motifs is 7. The fourth-order valence-electron chi connectivity index (χ4n) is 11.3. The van der Waals surface area contributed by atoms with Crippen LogP contribution in [0.3, 0.4) is 0 Å². The molecule has 0 saturated heterocycles. The monoisotopic (exact) mass is 758 g/mol. The van der Waals surface area contributed by atoms with Crippen molar-refractivity contribution in [2.75, 3.05) is 9.80 Å². The molecule has 12 rings (SSSR count). The predicted octanol–water partition coefficient (Wildman–Crippen LogP) is 9.17. The first kappa shape index (κ1) is 33.8. The molecule has 0 aromatic heterocycles. The Kier molecular flexibility index (Phi) is 7.78. The van der Waals surface area contributed by atoms with Crippen molar-refractivity contribution in [3.05, 3.63) is 200 Å². The minimum atomic E-state index is -2.73. The fourth-order valence-corrected chi connectivity index (χ4v) is 16.5. The lowest BCUT2D eigenvalue weighted by Gasteiger charge is -2.45. The molecule has 4 aliphatic rings. The molecule has 1 fully saturated rings. The van der Waals surface area contributed by atoms with Gasteiger partial charge in [-0.15, -0.1) is 0 Å². The molecule has 8 aromatic rings. The van der Waals surface area contributed by atoms with E-state index in [1.54, 1.807) is 0 Å². The summed E-state index contributed by atoms with van der Waals surface area (Å²) in [4.78, 5) is 5.20. The van der Waals surface area contributed by atoms with Gasteiger partial charge in [0.05, 0.1) is 0 Å². The average Bonchev–Trinajstić information content (AvgIpc) is 3.59. The smallest absolute Gasteiger partial charge is 0.252 e. The molecule has 0 radical (unpaired) electrons. The van der Waals surface area contributed by atoms with E-state index in [-0.39, 0.29) is 6.71 Å². The summed E-state index contributed by atoms with van der Waals surface area (Å²) in [5.41, 5.74) is 16.0. The van der Waals surface area contributed by atoms with Gasteiger partial charge in [-0.1, -0.05) is 165 Å². The number of benzene rings is 8. The van der Waals surface area contributed by atoms with E-state index in [0.717, 1.165) is 0 Å². The van der Waals surface area contributed by atoms with Crippen LogP contribution in [0.5, 0.6) is 0 Å². The summed E-state index contributed by atoms with van der Waals surface area (Å²) < 4.78 is 0. The van der Waals surface area contributed by atoms with Crippen LogP contribution in [0.1, 0.15) is 43.6 Å².